The molecule has 3 saturated heterocycles. The van der Waals surface area contributed by atoms with Crippen molar-refractivity contribution >= 4 is 11.8 Å². The van der Waals surface area contributed by atoms with Crippen LogP contribution in [-0.4, -0.2) is 55.4 Å². The van der Waals surface area contributed by atoms with Gasteiger partial charge in [0.05, 0.1) is 6.54 Å². The molecule has 3 heterocycles. The summed E-state index contributed by atoms with van der Waals surface area (Å²) in [5, 5.41) is 2.85. The molecule has 0 aromatic heterocycles. The van der Waals surface area contributed by atoms with Crippen LogP contribution in [0.5, 0.6) is 0 Å². The van der Waals surface area contributed by atoms with Gasteiger partial charge >= 0.3 is 6.09 Å². The molecule has 5 nitrogen and oxygen atoms in total. The zero-order chi connectivity index (χ0) is 17.4. The molecule has 3 aliphatic rings. The second-order valence-corrected chi connectivity index (χ2v) is 7.94. The summed E-state index contributed by atoms with van der Waals surface area (Å²) in [6.45, 7) is 9.33. The number of hydrogen-bond acceptors (Lipinski definition) is 4. The Balaban J connectivity index is 1.38. The Morgan fingerprint density at radius 1 is 1.20 bits per heavy atom. The molecule has 5 heteroatoms. The first-order chi connectivity index (χ1) is 12.1. The summed E-state index contributed by atoms with van der Waals surface area (Å²) in [6.07, 6.45) is 4.23. The van der Waals surface area contributed by atoms with Gasteiger partial charge in [-0.2, -0.15) is 0 Å². The Morgan fingerprint density at radius 2 is 2.00 bits per heavy atom. The number of piperidine rings is 2. The predicted molar refractivity (Wildman–Crippen MR) is 99.2 cm³/mol. The zero-order valence-electron chi connectivity index (χ0n) is 15.4. The molecular formula is C20H29N3O2. The fraction of sp³-hybridized carbons (Fsp3) is 0.650. The van der Waals surface area contributed by atoms with Gasteiger partial charge in [0, 0.05) is 31.4 Å². The summed E-state index contributed by atoms with van der Waals surface area (Å²) in [5.74, 6) is 0. The van der Waals surface area contributed by atoms with Crippen molar-refractivity contribution in [2.45, 2.75) is 51.2 Å². The Labute approximate surface area is 150 Å². The van der Waals surface area contributed by atoms with Gasteiger partial charge in [0.15, 0.2) is 0 Å². The Morgan fingerprint density at radius 3 is 2.72 bits per heavy atom. The maximum atomic E-state index is 11.5. The molecule has 1 amide bonds. The number of likely N-dealkylation sites (tertiary alicyclic amines) is 1. The van der Waals surface area contributed by atoms with Crippen LogP contribution in [0.4, 0.5) is 10.5 Å². The van der Waals surface area contributed by atoms with Gasteiger partial charge in [-0.15, -0.1) is 0 Å². The fourth-order valence-corrected chi connectivity index (χ4v) is 4.72. The first-order valence-corrected chi connectivity index (χ1v) is 9.58. The average Bonchev–Trinajstić information content (AvgIpc) is 2.97. The van der Waals surface area contributed by atoms with Gasteiger partial charge in [0.1, 0.15) is 5.60 Å². The van der Waals surface area contributed by atoms with E-state index in [0.717, 1.165) is 39.0 Å². The van der Waals surface area contributed by atoms with Gasteiger partial charge in [-0.05, 0) is 63.3 Å². The third-order valence-electron chi connectivity index (χ3n) is 6.33. The van der Waals surface area contributed by atoms with Gasteiger partial charge in [0.25, 0.3) is 0 Å². The van der Waals surface area contributed by atoms with Crippen molar-refractivity contribution < 1.29 is 9.53 Å². The Kier molecular flexibility index (Phi) is 4.36. The highest BCUT2D eigenvalue weighted by atomic mass is 16.6. The van der Waals surface area contributed by atoms with Crippen LogP contribution in [0.15, 0.2) is 18.2 Å². The smallest absolute Gasteiger partial charge is 0.407 e. The molecule has 3 aliphatic heterocycles. The monoisotopic (exact) mass is 343 g/mol. The quantitative estimate of drug-likeness (QED) is 0.897. The van der Waals surface area contributed by atoms with Gasteiger partial charge in [-0.3, -0.25) is 4.90 Å². The van der Waals surface area contributed by atoms with Crippen LogP contribution < -0.4 is 10.2 Å². The summed E-state index contributed by atoms with van der Waals surface area (Å²) >= 11 is 0. The molecule has 4 rings (SSSR count). The van der Waals surface area contributed by atoms with E-state index in [-0.39, 0.29) is 11.7 Å². The molecule has 1 aromatic carbocycles. The summed E-state index contributed by atoms with van der Waals surface area (Å²) in [4.78, 5) is 16.6. The number of aryl methyl sites for hydroxylation is 1. The number of carbonyl (C=O) groups excluding carboxylic acids is 1. The Bertz CT molecular complexity index is 654. The van der Waals surface area contributed by atoms with Gasteiger partial charge in [-0.25, -0.2) is 4.79 Å². The number of amides is 1. The highest BCUT2D eigenvalue weighted by molar-refractivity contribution is 5.70. The minimum Gasteiger partial charge on any atom is -0.440 e. The van der Waals surface area contributed by atoms with Crippen LogP contribution in [0.2, 0.25) is 0 Å². The number of anilines is 1. The maximum Gasteiger partial charge on any atom is 0.407 e. The van der Waals surface area contributed by atoms with Crippen LogP contribution >= 0.6 is 0 Å². The van der Waals surface area contributed by atoms with E-state index in [9.17, 15) is 4.79 Å². The normalized spacial score (nSPS) is 28.2. The van der Waals surface area contributed by atoms with Crippen molar-refractivity contribution in [3.8, 4) is 0 Å². The molecule has 1 N–H and O–H groups in total. The summed E-state index contributed by atoms with van der Waals surface area (Å²) < 4.78 is 5.63. The summed E-state index contributed by atoms with van der Waals surface area (Å²) in [7, 11) is 0. The lowest BCUT2D eigenvalue weighted by atomic mass is 9.90. The van der Waals surface area contributed by atoms with Gasteiger partial charge in [-0.1, -0.05) is 12.1 Å². The SMILES string of the molecule is Cc1cccc(N2CCC(N3CCC[C@]4(CNC(=O)O4)C3)CC2)c1C. The second kappa shape index (κ2) is 6.52. The topological polar surface area (TPSA) is 44.8 Å². The predicted octanol–water partition coefficient (Wildman–Crippen LogP) is 2.85. The Hall–Kier alpha value is -1.75. The van der Waals surface area contributed by atoms with E-state index in [2.05, 4.69) is 47.2 Å². The van der Waals surface area contributed by atoms with Crippen LogP contribution in [-0.2, 0) is 4.74 Å². The fourth-order valence-electron chi connectivity index (χ4n) is 4.72. The molecule has 0 saturated carbocycles. The van der Waals surface area contributed by atoms with E-state index in [1.807, 2.05) is 0 Å². The lowest BCUT2D eigenvalue weighted by Gasteiger charge is -2.45. The molecule has 0 radical (unpaired) electrons. The molecule has 1 spiro atoms. The molecule has 136 valence electrons. The molecular weight excluding hydrogens is 314 g/mol. The molecule has 25 heavy (non-hydrogen) atoms. The molecule has 1 atom stereocenters. The molecule has 0 aliphatic carbocycles. The van der Waals surface area contributed by atoms with E-state index < -0.39 is 0 Å². The standard InChI is InChI=1S/C20H29N3O2/c1-15-5-3-6-18(16(15)2)22-11-7-17(8-12-22)23-10-4-9-20(14-23)13-21-19(24)25-20/h3,5-6,17H,4,7-14H2,1-2H3,(H,21,24)/t20-/m0/s1. The van der Waals surface area contributed by atoms with E-state index in [1.165, 1.54) is 29.7 Å². The number of rotatable bonds is 2. The summed E-state index contributed by atoms with van der Waals surface area (Å²) in [6, 6.07) is 7.22. The number of benzene rings is 1. The van der Waals surface area contributed by atoms with E-state index >= 15 is 0 Å². The summed E-state index contributed by atoms with van der Waals surface area (Å²) in [5.41, 5.74) is 3.89. The van der Waals surface area contributed by atoms with Crippen molar-refractivity contribution in [1.82, 2.24) is 10.2 Å². The van der Waals surface area contributed by atoms with Crippen molar-refractivity contribution in [2.24, 2.45) is 0 Å². The number of nitrogens with zero attached hydrogens (tertiary/aromatic N) is 2. The number of alkyl carbamates (subject to hydrolysis) is 1. The van der Waals surface area contributed by atoms with E-state index in [4.69, 9.17) is 4.74 Å². The zero-order valence-corrected chi connectivity index (χ0v) is 15.4. The minimum atomic E-state index is -0.278. The molecule has 1 aromatic rings. The first-order valence-electron chi connectivity index (χ1n) is 9.58. The number of hydrogen-bond donors (Lipinski definition) is 1. The molecule has 0 bridgehead atoms. The molecule has 3 fully saturated rings. The van der Waals surface area contributed by atoms with Crippen molar-refractivity contribution in [1.29, 1.82) is 0 Å². The number of nitrogens with one attached hydrogen (secondary N) is 1. The van der Waals surface area contributed by atoms with Crippen LogP contribution in [0.1, 0.15) is 36.8 Å². The van der Waals surface area contributed by atoms with E-state index in [1.54, 1.807) is 0 Å². The van der Waals surface area contributed by atoms with E-state index in [0.29, 0.717) is 12.6 Å². The lowest BCUT2D eigenvalue weighted by molar-refractivity contribution is -0.0258. The highest BCUT2D eigenvalue weighted by Gasteiger charge is 2.45. The lowest BCUT2D eigenvalue weighted by Crippen LogP contribution is -2.55. The average molecular weight is 343 g/mol. The maximum absolute atomic E-state index is 11.5. The van der Waals surface area contributed by atoms with Gasteiger partial charge < -0.3 is 15.0 Å². The van der Waals surface area contributed by atoms with Crippen LogP contribution in [0.25, 0.3) is 0 Å². The minimum absolute atomic E-state index is 0.244. The van der Waals surface area contributed by atoms with Gasteiger partial charge in [0.2, 0.25) is 0 Å². The number of ether oxygens (including phenoxy) is 1. The van der Waals surface area contributed by atoms with Crippen molar-refractivity contribution in [3.05, 3.63) is 29.3 Å². The first kappa shape index (κ1) is 16.7. The second-order valence-electron chi connectivity index (χ2n) is 7.94. The van der Waals surface area contributed by atoms with Crippen molar-refractivity contribution in [2.75, 3.05) is 37.6 Å². The third-order valence-corrected chi connectivity index (χ3v) is 6.33. The van der Waals surface area contributed by atoms with Crippen molar-refractivity contribution in [3.63, 3.8) is 0 Å². The highest BCUT2D eigenvalue weighted by Crippen LogP contribution is 2.32. The van der Waals surface area contributed by atoms with Crippen LogP contribution in [0, 0.1) is 13.8 Å². The molecule has 0 unspecified atom stereocenters. The third kappa shape index (κ3) is 3.22. The number of carbonyl (C=O) groups is 1. The van der Waals surface area contributed by atoms with Crippen LogP contribution in [0.3, 0.4) is 0 Å². The largest absolute Gasteiger partial charge is 0.440 e.